The van der Waals surface area contributed by atoms with Gasteiger partial charge in [-0.15, -0.1) is 11.3 Å². The van der Waals surface area contributed by atoms with Crippen molar-refractivity contribution in [2.75, 3.05) is 0 Å². The zero-order valence-electron chi connectivity index (χ0n) is 11.0. The van der Waals surface area contributed by atoms with Crippen LogP contribution in [0.1, 0.15) is 16.1 Å². The second-order valence-corrected chi connectivity index (χ2v) is 5.40. The molecule has 20 heavy (non-hydrogen) atoms. The van der Waals surface area contributed by atoms with Gasteiger partial charge in [-0.1, -0.05) is 12.1 Å². The Morgan fingerprint density at radius 2 is 2.15 bits per heavy atom. The molecule has 0 aliphatic heterocycles. The first-order valence-corrected chi connectivity index (χ1v) is 7.04. The highest BCUT2D eigenvalue weighted by Crippen LogP contribution is 2.12. The zero-order chi connectivity index (χ0) is 14.5. The van der Waals surface area contributed by atoms with E-state index >= 15 is 0 Å². The summed E-state index contributed by atoms with van der Waals surface area (Å²) in [5.41, 5.74) is 3.43. The molecule has 106 valence electrons. The number of halogens is 1. The van der Waals surface area contributed by atoms with Crippen molar-refractivity contribution in [2.45, 2.75) is 25.9 Å². The molecule has 1 aromatic heterocycles. The topological polar surface area (TPSA) is 62.2 Å². The van der Waals surface area contributed by atoms with Crippen LogP contribution in [-0.4, -0.2) is 22.1 Å². The minimum absolute atomic E-state index is 0.313. The number of benzene rings is 1. The van der Waals surface area contributed by atoms with Gasteiger partial charge in [0.15, 0.2) is 0 Å². The van der Waals surface area contributed by atoms with Gasteiger partial charge in [-0.2, -0.15) is 0 Å². The lowest BCUT2D eigenvalue weighted by Gasteiger charge is -2.14. The standard InChI is InChI=1S/C14H15FN2O2S/c1-9-13(20-8-17-9)7-16-12(14(18)19)6-10-2-4-11(15)5-3-10/h2-5,8,12,16H,6-7H2,1H3,(H,18,19)/t12-/m1/s1. The molecule has 0 amide bonds. The number of carbonyl (C=O) groups is 1. The fourth-order valence-corrected chi connectivity index (χ4v) is 2.54. The Kier molecular flexibility index (Phi) is 4.81. The molecule has 0 saturated heterocycles. The van der Waals surface area contributed by atoms with Crippen molar-refractivity contribution in [3.05, 3.63) is 51.7 Å². The van der Waals surface area contributed by atoms with Crippen LogP contribution < -0.4 is 5.32 Å². The molecule has 6 heteroatoms. The number of hydrogen-bond donors (Lipinski definition) is 2. The number of carboxylic acid groups (broad SMARTS) is 1. The Morgan fingerprint density at radius 1 is 1.45 bits per heavy atom. The monoisotopic (exact) mass is 294 g/mol. The number of hydrogen-bond acceptors (Lipinski definition) is 4. The van der Waals surface area contributed by atoms with Crippen molar-refractivity contribution in [1.82, 2.24) is 10.3 Å². The van der Waals surface area contributed by atoms with Crippen LogP contribution in [-0.2, 0) is 17.8 Å². The van der Waals surface area contributed by atoms with E-state index in [2.05, 4.69) is 10.3 Å². The Morgan fingerprint density at radius 3 is 2.70 bits per heavy atom. The van der Waals surface area contributed by atoms with E-state index in [-0.39, 0.29) is 5.82 Å². The van der Waals surface area contributed by atoms with Gasteiger partial charge in [-0.25, -0.2) is 9.37 Å². The second-order valence-electron chi connectivity index (χ2n) is 4.46. The van der Waals surface area contributed by atoms with Crippen molar-refractivity contribution in [2.24, 2.45) is 0 Å². The smallest absolute Gasteiger partial charge is 0.321 e. The Hall–Kier alpha value is -1.79. The number of aliphatic carboxylic acids is 1. The van der Waals surface area contributed by atoms with Gasteiger partial charge >= 0.3 is 5.97 Å². The number of aromatic nitrogens is 1. The number of nitrogens with zero attached hydrogens (tertiary/aromatic N) is 1. The van der Waals surface area contributed by atoms with Crippen LogP contribution in [0.5, 0.6) is 0 Å². The molecule has 0 bridgehead atoms. The third-order valence-corrected chi connectivity index (χ3v) is 3.94. The molecule has 0 aliphatic rings. The van der Waals surface area contributed by atoms with Crippen molar-refractivity contribution >= 4 is 17.3 Å². The molecule has 4 nitrogen and oxygen atoms in total. The average Bonchev–Trinajstić information content (AvgIpc) is 2.82. The summed E-state index contributed by atoms with van der Waals surface area (Å²) in [5, 5.41) is 12.2. The van der Waals surface area contributed by atoms with Crippen LogP contribution in [0.25, 0.3) is 0 Å². The Labute approximate surface area is 120 Å². The third kappa shape index (κ3) is 3.85. The quantitative estimate of drug-likeness (QED) is 0.858. The second kappa shape index (κ2) is 6.58. The molecule has 2 rings (SSSR count). The van der Waals surface area contributed by atoms with Crippen LogP contribution in [0.4, 0.5) is 4.39 Å². The largest absolute Gasteiger partial charge is 0.480 e. The van der Waals surface area contributed by atoms with Gasteiger partial charge in [-0.05, 0) is 31.0 Å². The molecule has 0 spiro atoms. The zero-order valence-corrected chi connectivity index (χ0v) is 11.8. The van der Waals surface area contributed by atoms with E-state index in [9.17, 15) is 14.3 Å². The van der Waals surface area contributed by atoms with E-state index in [0.29, 0.717) is 13.0 Å². The van der Waals surface area contributed by atoms with Crippen LogP contribution in [0, 0.1) is 12.7 Å². The number of nitrogens with one attached hydrogen (secondary N) is 1. The molecular formula is C14H15FN2O2S. The Bertz CT molecular complexity index is 583. The SMILES string of the molecule is Cc1ncsc1CN[C@H](Cc1ccc(F)cc1)C(=O)O. The minimum atomic E-state index is -0.920. The highest BCUT2D eigenvalue weighted by atomic mass is 32.1. The molecule has 1 aromatic carbocycles. The van der Waals surface area contributed by atoms with E-state index in [1.54, 1.807) is 17.6 Å². The van der Waals surface area contributed by atoms with Gasteiger partial charge in [0.05, 0.1) is 11.2 Å². The molecule has 0 aliphatic carbocycles. The molecule has 1 heterocycles. The molecule has 2 N–H and O–H groups in total. The summed E-state index contributed by atoms with van der Waals surface area (Å²) in [7, 11) is 0. The fraction of sp³-hybridized carbons (Fsp3) is 0.286. The fourth-order valence-electron chi connectivity index (χ4n) is 1.81. The molecule has 0 saturated carbocycles. The maximum Gasteiger partial charge on any atom is 0.321 e. The lowest BCUT2D eigenvalue weighted by Crippen LogP contribution is -2.38. The van der Waals surface area contributed by atoms with E-state index in [1.165, 1.54) is 23.5 Å². The summed E-state index contributed by atoms with van der Waals surface area (Å²) >= 11 is 1.50. The summed E-state index contributed by atoms with van der Waals surface area (Å²) in [4.78, 5) is 16.4. The number of aryl methyl sites for hydroxylation is 1. The van der Waals surface area contributed by atoms with Gasteiger partial charge in [-0.3, -0.25) is 10.1 Å². The van der Waals surface area contributed by atoms with Crippen molar-refractivity contribution < 1.29 is 14.3 Å². The van der Waals surface area contributed by atoms with Gasteiger partial charge in [0.2, 0.25) is 0 Å². The van der Waals surface area contributed by atoms with Gasteiger partial charge < -0.3 is 5.11 Å². The summed E-state index contributed by atoms with van der Waals surface area (Å²) in [6, 6.07) is 5.17. The van der Waals surface area contributed by atoms with Crippen molar-refractivity contribution in [3.63, 3.8) is 0 Å². The van der Waals surface area contributed by atoms with Crippen LogP contribution in [0.3, 0.4) is 0 Å². The summed E-state index contributed by atoms with van der Waals surface area (Å²) in [6.07, 6.45) is 0.313. The molecule has 0 unspecified atom stereocenters. The van der Waals surface area contributed by atoms with E-state index in [0.717, 1.165) is 16.1 Å². The predicted octanol–water partition coefficient (Wildman–Crippen LogP) is 2.38. The molecule has 1 atom stereocenters. The highest BCUT2D eigenvalue weighted by molar-refractivity contribution is 7.09. The normalized spacial score (nSPS) is 12.3. The van der Waals surface area contributed by atoms with Gasteiger partial charge in [0.25, 0.3) is 0 Å². The molecular weight excluding hydrogens is 279 g/mol. The first kappa shape index (κ1) is 14.6. The number of carboxylic acids is 1. The van der Waals surface area contributed by atoms with E-state index < -0.39 is 12.0 Å². The van der Waals surface area contributed by atoms with Crippen LogP contribution >= 0.6 is 11.3 Å². The summed E-state index contributed by atoms with van der Waals surface area (Å²) in [5.74, 6) is -1.25. The van der Waals surface area contributed by atoms with E-state index in [1.807, 2.05) is 6.92 Å². The first-order chi connectivity index (χ1) is 9.56. The minimum Gasteiger partial charge on any atom is -0.480 e. The first-order valence-electron chi connectivity index (χ1n) is 6.16. The van der Waals surface area contributed by atoms with Crippen molar-refractivity contribution in [1.29, 1.82) is 0 Å². The predicted molar refractivity (Wildman–Crippen MR) is 75.2 cm³/mol. The highest BCUT2D eigenvalue weighted by Gasteiger charge is 2.18. The van der Waals surface area contributed by atoms with Crippen LogP contribution in [0.2, 0.25) is 0 Å². The number of thiazole rings is 1. The van der Waals surface area contributed by atoms with Gasteiger partial charge in [0.1, 0.15) is 11.9 Å². The summed E-state index contributed by atoms with van der Waals surface area (Å²) < 4.78 is 12.8. The van der Waals surface area contributed by atoms with Crippen molar-refractivity contribution in [3.8, 4) is 0 Å². The van der Waals surface area contributed by atoms with Crippen LogP contribution in [0.15, 0.2) is 29.8 Å². The summed E-state index contributed by atoms with van der Waals surface area (Å²) in [6.45, 7) is 2.36. The molecule has 2 aromatic rings. The lowest BCUT2D eigenvalue weighted by atomic mass is 10.1. The Balaban J connectivity index is 1.99. The third-order valence-electron chi connectivity index (χ3n) is 3.01. The molecule has 0 fully saturated rings. The lowest BCUT2D eigenvalue weighted by molar-refractivity contribution is -0.139. The number of rotatable bonds is 6. The van der Waals surface area contributed by atoms with Gasteiger partial charge in [0, 0.05) is 11.4 Å². The molecule has 0 radical (unpaired) electrons. The van der Waals surface area contributed by atoms with E-state index in [4.69, 9.17) is 0 Å². The average molecular weight is 294 g/mol. The maximum atomic E-state index is 12.8. The maximum absolute atomic E-state index is 12.8.